The Kier molecular flexibility index (Phi) is 4.33. The lowest BCUT2D eigenvalue weighted by atomic mass is 10.2. The van der Waals surface area contributed by atoms with Gasteiger partial charge in [0.15, 0.2) is 0 Å². The Bertz CT molecular complexity index is 429. The standard InChI is InChI=1S/C11H11NO5/c1-7(13)5-9(10(14)15)17-11(16)8-3-2-4-12-6-8/h2-4,6,9H,5H2,1H3,(H,14,15). The summed E-state index contributed by atoms with van der Waals surface area (Å²) in [5, 5.41) is 8.77. The number of pyridine rings is 1. The number of ketones is 1. The molecule has 6 nitrogen and oxygen atoms in total. The number of carbonyl (C=O) groups excluding carboxylic acids is 2. The van der Waals surface area contributed by atoms with Crippen LogP contribution in [0.4, 0.5) is 0 Å². The van der Waals surface area contributed by atoms with Crippen molar-refractivity contribution in [3.05, 3.63) is 30.1 Å². The zero-order valence-corrected chi connectivity index (χ0v) is 9.12. The van der Waals surface area contributed by atoms with Gasteiger partial charge in [-0.15, -0.1) is 0 Å². The predicted octanol–water partition coefficient (Wildman–Crippen LogP) is 0.671. The molecule has 0 saturated heterocycles. The van der Waals surface area contributed by atoms with Gasteiger partial charge < -0.3 is 9.84 Å². The van der Waals surface area contributed by atoms with Gasteiger partial charge in [0.1, 0.15) is 5.78 Å². The fourth-order valence-electron chi connectivity index (χ4n) is 1.12. The average Bonchev–Trinajstić information content (AvgIpc) is 2.28. The molecule has 0 aliphatic heterocycles. The highest BCUT2D eigenvalue weighted by molar-refractivity contribution is 5.92. The van der Waals surface area contributed by atoms with E-state index in [1.54, 1.807) is 0 Å². The SMILES string of the molecule is CC(=O)CC(OC(=O)c1cccnc1)C(=O)O. The van der Waals surface area contributed by atoms with Crippen molar-refractivity contribution in [3.63, 3.8) is 0 Å². The second-order valence-electron chi connectivity index (χ2n) is 3.38. The Morgan fingerprint density at radius 3 is 2.65 bits per heavy atom. The number of esters is 1. The molecule has 1 aromatic rings. The molecule has 0 aromatic carbocycles. The van der Waals surface area contributed by atoms with Gasteiger partial charge in [-0.05, 0) is 19.1 Å². The largest absolute Gasteiger partial charge is 0.478 e. The van der Waals surface area contributed by atoms with Crippen LogP contribution in [0.2, 0.25) is 0 Å². The first-order valence-electron chi connectivity index (χ1n) is 4.84. The highest BCUT2D eigenvalue weighted by atomic mass is 16.6. The van der Waals surface area contributed by atoms with Crippen LogP contribution in [0.3, 0.4) is 0 Å². The fraction of sp³-hybridized carbons (Fsp3) is 0.273. The van der Waals surface area contributed by atoms with Gasteiger partial charge >= 0.3 is 11.9 Å². The van der Waals surface area contributed by atoms with E-state index in [0.29, 0.717) is 0 Å². The van der Waals surface area contributed by atoms with Crippen molar-refractivity contribution >= 4 is 17.7 Å². The first-order chi connectivity index (χ1) is 8.00. The maximum atomic E-state index is 11.5. The number of carboxylic acid groups (broad SMARTS) is 1. The van der Waals surface area contributed by atoms with Crippen LogP contribution >= 0.6 is 0 Å². The molecule has 0 bridgehead atoms. The second-order valence-corrected chi connectivity index (χ2v) is 3.38. The quantitative estimate of drug-likeness (QED) is 0.756. The van der Waals surface area contributed by atoms with E-state index >= 15 is 0 Å². The highest BCUT2D eigenvalue weighted by Crippen LogP contribution is 2.06. The zero-order chi connectivity index (χ0) is 12.8. The van der Waals surface area contributed by atoms with E-state index in [2.05, 4.69) is 4.98 Å². The lowest BCUT2D eigenvalue weighted by Crippen LogP contribution is -2.29. The zero-order valence-electron chi connectivity index (χ0n) is 9.12. The molecule has 0 spiro atoms. The highest BCUT2D eigenvalue weighted by Gasteiger charge is 2.24. The minimum absolute atomic E-state index is 0.141. The van der Waals surface area contributed by atoms with Crippen molar-refractivity contribution in [1.29, 1.82) is 0 Å². The van der Waals surface area contributed by atoms with Crippen LogP contribution in [0, 0.1) is 0 Å². The molecule has 1 atom stereocenters. The molecule has 0 amide bonds. The van der Waals surface area contributed by atoms with E-state index in [-0.39, 0.29) is 17.8 Å². The summed E-state index contributed by atoms with van der Waals surface area (Å²) in [6.45, 7) is 1.23. The van der Waals surface area contributed by atoms with Crippen molar-refractivity contribution in [1.82, 2.24) is 4.98 Å². The maximum absolute atomic E-state index is 11.5. The van der Waals surface area contributed by atoms with Crippen molar-refractivity contribution in [3.8, 4) is 0 Å². The Balaban J connectivity index is 2.71. The number of hydrogen-bond acceptors (Lipinski definition) is 5. The Morgan fingerprint density at radius 2 is 2.18 bits per heavy atom. The van der Waals surface area contributed by atoms with E-state index in [0.717, 1.165) is 0 Å². The minimum atomic E-state index is -1.46. The molecule has 17 heavy (non-hydrogen) atoms. The summed E-state index contributed by atoms with van der Waals surface area (Å²) < 4.78 is 4.71. The topological polar surface area (TPSA) is 93.6 Å². The van der Waals surface area contributed by atoms with Crippen molar-refractivity contribution in [2.45, 2.75) is 19.4 Å². The number of nitrogens with zero attached hydrogens (tertiary/aromatic N) is 1. The van der Waals surface area contributed by atoms with Crippen LogP contribution in [0.1, 0.15) is 23.7 Å². The third kappa shape index (κ3) is 4.02. The Hall–Kier alpha value is -2.24. The number of aromatic nitrogens is 1. The molecule has 0 fully saturated rings. The molecule has 1 rings (SSSR count). The van der Waals surface area contributed by atoms with Crippen LogP contribution in [-0.4, -0.2) is 33.9 Å². The molecular weight excluding hydrogens is 226 g/mol. The summed E-state index contributed by atoms with van der Waals surface area (Å²) in [4.78, 5) is 36.8. The van der Waals surface area contributed by atoms with Crippen LogP contribution in [0.25, 0.3) is 0 Å². The van der Waals surface area contributed by atoms with Gasteiger partial charge in [0, 0.05) is 12.4 Å². The van der Waals surface area contributed by atoms with Crippen molar-refractivity contribution in [2.24, 2.45) is 0 Å². The van der Waals surface area contributed by atoms with Gasteiger partial charge in [0.05, 0.1) is 12.0 Å². The molecule has 0 aliphatic carbocycles. The number of carbonyl (C=O) groups is 3. The fourth-order valence-corrected chi connectivity index (χ4v) is 1.12. The summed E-state index contributed by atoms with van der Waals surface area (Å²) in [7, 11) is 0. The number of rotatable bonds is 5. The Labute approximate surface area is 97.2 Å². The molecule has 1 unspecified atom stereocenters. The molecule has 90 valence electrons. The first kappa shape index (κ1) is 12.8. The van der Waals surface area contributed by atoms with Crippen LogP contribution < -0.4 is 0 Å². The van der Waals surface area contributed by atoms with E-state index in [1.807, 2.05) is 0 Å². The number of aliphatic carboxylic acids is 1. The van der Waals surface area contributed by atoms with Crippen LogP contribution in [0.15, 0.2) is 24.5 Å². The summed E-state index contributed by atoms with van der Waals surface area (Å²) >= 11 is 0. The number of ether oxygens (including phenoxy) is 1. The second kappa shape index (κ2) is 5.74. The Morgan fingerprint density at radius 1 is 1.47 bits per heavy atom. The lowest BCUT2D eigenvalue weighted by molar-refractivity contribution is -0.149. The van der Waals surface area contributed by atoms with E-state index in [1.165, 1.54) is 31.5 Å². The van der Waals surface area contributed by atoms with Gasteiger partial charge in [0.2, 0.25) is 6.10 Å². The smallest absolute Gasteiger partial charge is 0.345 e. The van der Waals surface area contributed by atoms with Gasteiger partial charge in [-0.2, -0.15) is 0 Å². The number of carboxylic acids is 1. The van der Waals surface area contributed by atoms with Gasteiger partial charge in [0.25, 0.3) is 0 Å². The van der Waals surface area contributed by atoms with Gasteiger partial charge in [-0.1, -0.05) is 0 Å². The molecule has 1 heterocycles. The number of hydrogen-bond donors (Lipinski definition) is 1. The summed E-state index contributed by atoms with van der Waals surface area (Å²) in [6, 6.07) is 2.97. The third-order valence-corrected chi connectivity index (χ3v) is 1.89. The lowest BCUT2D eigenvalue weighted by Gasteiger charge is -2.11. The first-order valence-corrected chi connectivity index (χ1v) is 4.84. The van der Waals surface area contributed by atoms with Gasteiger partial charge in [-0.25, -0.2) is 9.59 Å². The molecule has 1 aromatic heterocycles. The van der Waals surface area contributed by atoms with Crippen molar-refractivity contribution < 1.29 is 24.2 Å². The summed E-state index contributed by atoms with van der Waals surface area (Å²) in [5.74, 6) is -2.53. The molecule has 0 radical (unpaired) electrons. The van der Waals surface area contributed by atoms with Gasteiger partial charge in [-0.3, -0.25) is 9.78 Å². The summed E-state index contributed by atoms with van der Waals surface area (Å²) in [6.07, 6.45) is 0.928. The molecule has 0 saturated carbocycles. The average molecular weight is 237 g/mol. The maximum Gasteiger partial charge on any atom is 0.345 e. The monoisotopic (exact) mass is 237 g/mol. The minimum Gasteiger partial charge on any atom is -0.478 e. The predicted molar refractivity (Wildman–Crippen MR) is 56.4 cm³/mol. The normalized spacial score (nSPS) is 11.6. The molecule has 1 N–H and O–H groups in total. The number of Topliss-reactive ketones (excluding diaryl/α,β-unsaturated/α-hetero) is 1. The molecule has 0 aliphatic rings. The van der Waals surface area contributed by atoms with E-state index < -0.39 is 18.0 Å². The third-order valence-electron chi connectivity index (χ3n) is 1.89. The van der Waals surface area contributed by atoms with Crippen LogP contribution in [0.5, 0.6) is 0 Å². The van der Waals surface area contributed by atoms with Crippen LogP contribution in [-0.2, 0) is 14.3 Å². The molecule has 6 heteroatoms. The molecular formula is C11H11NO5. The van der Waals surface area contributed by atoms with E-state index in [9.17, 15) is 14.4 Å². The van der Waals surface area contributed by atoms with E-state index in [4.69, 9.17) is 9.84 Å². The summed E-state index contributed by atoms with van der Waals surface area (Å²) in [5.41, 5.74) is 0.141. The van der Waals surface area contributed by atoms with Crippen molar-refractivity contribution in [2.75, 3.05) is 0 Å².